The highest BCUT2D eigenvalue weighted by Crippen LogP contribution is 2.45. The lowest BCUT2D eigenvalue weighted by atomic mass is 10.1. The zero-order valence-electron chi connectivity index (χ0n) is 11.0. The van der Waals surface area contributed by atoms with Gasteiger partial charge in [-0.15, -0.1) is 0 Å². The first kappa shape index (κ1) is 12.6. The number of benzene rings is 1. The minimum absolute atomic E-state index is 0.177. The summed E-state index contributed by atoms with van der Waals surface area (Å²) in [5.74, 6) is 1.60. The molecule has 0 aromatic heterocycles. The molecule has 0 atom stereocenters. The smallest absolute Gasteiger partial charge is 0.142 e. The van der Waals surface area contributed by atoms with E-state index in [0.717, 1.165) is 35.6 Å². The van der Waals surface area contributed by atoms with Crippen molar-refractivity contribution in [3.63, 3.8) is 0 Å². The molecule has 1 aliphatic rings. The highest BCUT2D eigenvalue weighted by molar-refractivity contribution is 5.62. The van der Waals surface area contributed by atoms with Crippen LogP contribution in [-0.4, -0.2) is 20.8 Å². The number of methoxy groups -OCH3 is 2. The quantitative estimate of drug-likeness (QED) is 0.868. The molecule has 4 nitrogen and oxygen atoms in total. The molecule has 0 radical (unpaired) electrons. The Bertz CT molecular complexity index is 487. The summed E-state index contributed by atoms with van der Waals surface area (Å²) in [7, 11) is 3.29. The molecular formula is C14H18N2O2. The number of anilines is 1. The van der Waals surface area contributed by atoms with Crippen LogP contribution >= 0.6 is 0 Å². The second-order valence-corrected chi connectivity index (χ2v) is 4.77. The van der Waals surface area contributed by atoms with E-state index in [-0.39, 0.29) is 5.41 Å². The van der Waals surface area contributed by atoms with Crippen molar-refractivity contribution in [3.05, 3.63) is 17.7 Å². The largest absolute Gasteiger partial charge is 0.496 e. The summed E-state index contributed by atoms with van der Waals surface area (Å²) >= 11 is 0. The third kappa shape index (κ3) is 2.35. The Hall–Kier alpha value is -1.89. The van der Waals surface area contributed by atoms with E-state index >= 15 is 0 Å². The van der Waals surface area contributed by atoms with Gasteiger partial charge in [-0.25, -0.2) is 0 Å². The number of hydrogen-bond donors (Lipinski definition) is 1. The molecule has 1 saturated carbocycles. The van der Waals surface area contributed by atoms with Crippen LogP contribution in [0.15, 0.2) is 12.1 Å². The fourth-order valence-corrected chi connectivity index (χ4v) is 1.93. The predicted molar refractivity (Wildman–Crippen MR) is 70.1 cm³/mol. The molecule has 1 aromatic carbocycles. The molecule has 2 rings (SSSR count). The molecule has 0 heterocycles. The zero-order chi connectivity index (χ0) is 13.2. The summed E-state index contributed by atoms with van der Waals surface area (Å²) in [6, 6.07) is 6.22. The van der Waals surface area contributed by atoms with Gasteiger partial charge in [-0.3, -0.25) is 0 Å². The zero-order valence-corrected chi connectivity index (χ0v) is 11.0. The molecule has 96 valence electrons. The van der Waals surface area contributed by atoms with Gasteiger partial charge in [-0.1, -0.05) is 0 Å². The van der Waals surface area contributed by atoms with Crippen LogP contribution in [0.3, 0.4) is 0 Å². The summed E-state index contributed by atoms with van der Waals surface area (Å²) in [6.07, 6.45) is 1.95. The Labute approximate surface area is 108 Å². The van der Waals surface area contributed by atoms with Crippen LogP contribution in [0.1, 0.15) is 18.4 Å². The second kappa shape index (κ2) is 4.77. The molecule has 1 N–H and O–H groups in total. The number of nitriles is 1. The van der Waals surface area contributed by atoms with Gasteiger partial charge >= 0.3 is 0 Å². The van der Waals surface area contributed by atoms with Gasteiger partial charge in [0.15, 0.2) is 0 Å². The molecule has 1 fully saturated rings. The first-order chi connectivity index (χ1) is 8.64. The molecule has 0 amide bonds. The Morgan fingerprint density at radius 3 is 2.44 bits per heavy atom. The molecule has 0 spiro atoms. The maximum absolute atomic E-state index is 9.06. The van der Waals surface area contributed by atoms with E-state index in [1.54, 1.807) is 14.2 Å². The topological polar surface area (TPSA) is 54.3 Å². The first-order valence-corrected chi connectivity index (χ1v) is 6.02. The van der Waals surface area contributed by atoms with Gasteiger partial charge in [0.2, 0.25) is 0 Å². The molecular weight excluding hydrogens is 228 g/mol. The lowest BCUT2D eigenvalue weighted by Crippen LogP contribution is -2.14. The van der Waals surface area contributed by atoms with Crippen molar-refractivity contribution < 1.29 is 9.47 Å². The molecule has 1 aliphatic carbocycles. The van der Waals surface area contributed by atoms with Crippen molar-refractivity contribution in [2.75, 3.05) is 26.1 Å². The van der Waals surface area contributed by atoms with E-state index in [2.05, 4.69) is 11.4 Å². The van der Waals surface area contributed by atoms with Crippen LogP contribution < -0.4 is 14.8 Å². The van der Waals surface area contributed by atoms with Crippen molar-refractivity contribution in [2.24, 2.45) is 5.41 Å². The fourth-order valence-electron chi connectivity index (χ4n) is 1.93. The van der Waals surface area contributed by atoms with Crippen LogP contribution in [0.2, 0.25) is 0 Å². The maximum Gasteiger partial charge on any atom is 0.142 e. The van der Waals surface area contributed by atoms with Gasteiger partial charge in [-0.05, 0) is 31.4 Å². The summed E-state index contributed by atoms with van der Waals surface area (Å²) in [5.41, 5.74) is 1.73. The van der Waals surface area contributed by atoms with E-state index < -0.39 is 0 Å². The number of aryl methyl sites for hydroxylation is 1. The van der Waals surface area contributed by atoms with Gasteiger partial charge < -0.3 is 14.8 Å². The molecule has 0 unspecified atom stereocenters. The summed E-state index contributed by atoms with van der Waals surface area (Å²) in [5, 5.41) is 12.4. The monoisotopic (exact) mass is 246 g/mol. The highest BCUT2D eigenvalue weighted by atomic mass is 16.5. The van der Waals surface area contributed by atoms with Gasteiger partial charge in [0, 0.05) is 12.6 Å². The lowest BCUT2D eigenvalue weighted by molar-refractivity contribution is 0.401. The van der Waals surface area contributed by atoms with Crippen molar-refractivity contribution in [3.8, 4) is 17.6 Å². The number of rotatable bonds is 5. The van der Waals surface area contributed by atoms with Gasteiger partial charge in [0.25, 0.3) is 0 Å². The van der Waals surface area contributed by atoms with E-state index in [9.17, 15) is 0 Å². The second-order valence-electron chi connectivity index (χ2n) is 4.77. The van der Waals surface area contributed by atoms with Crippen LogP contribution in [-0.2, 0) is 0 Å². The predicted octanol–water partition coefficient (Wildman–Crippen LogP) is 2.73. The van der Waals surface area contributed by atoms with Gasteiger partial charge in [-0.2, -0.15) is 5.26 Å². The van der Waals surface area contributed by atoms with Crippen molar-refractivity contribution in [2.45, 2.75) is 19.8 Å². The van der Waals surface area contributed by atoms with E-state index in [4.69, 9.17) is 14.7 Å². The molecule has 0 saturated heterocycles. The molecule has 4 heteroatoms. The average Bonchev–Trinajstić information content (AvgIpc) is 3.17. The Morgan fingerprint density at radius 1 is 1.28 bits per heavy atom. The Morgan fingerprint density at radius 2 is 1.94 bits per heavy atom. The standard InChI is InChI=1S/C14H18N2O2/c1-10-6-13(18-3)11(7-12(10)17-2)16-9-14(8-15)4-5-14/h6-7,16H,4-5,9H2,1-3H3. The third-order valence-corrected chi connectivity index (χ3v) is 3.42. The average molecular weight is 246 g/mol. The van der Waals surface area contributed by atoms with Crippen molar-refractivity contribution >= 4 is 5.69 Å². The van der Waals surface area contributed by atoms with Gasteiger partial charge in [0.05, 0.1) is 31.4 Å². The third-order valence-electron chi connectivity index (χ3n) is 3.42. The Balaban J connectivity index is 2.18. The first-order valence-electron chi connectivity index (χ1n) is 6.02. The summed E-state index contributed by atoms with van der Waals surface area (Å²) in [4.78, 5) is 0. The van der Waals surface area contributed by atoms with Crippen LogP contribution in [0.25, 0.3) is 0 Å². The molecule has 0 bridgehead atoms. The number of ether oxygens (including phenoxy) is 2. The van der Waals surface area contributed by atoms with Crippen molar-refractivity contribution in [1.82, 2.24) is 0 Å². The molecule has 18 heavy (non-hydrogen) atoms. The minimum Gasteiger partial charge on any atom is -0.496 e. The fraction of sp³-hybridized carbons (Fsp3) is 0.500. The SMILES string of the molecule is COc1cc(NCC2(C#N)CC2)c(OC)cc1C. The summed E-state index contributed by atoms with van der Waals surface area (Å²) < 4.78 is 10.6. The minimum atomic E-state index is -0.177. The maximum atomic E-state index is 9.06. The van der Waals surface area contributed by atoms with E-state index in [0.29, 0.717) is 6.54 Å². The molecule has 0 aliphatic heterocycles. The Kier molecular flexibility index (Phi) is 3.33. The van der Waals surface area contributed by atoms with Crippen molar-refractivity contribution in [1.29, 1.82) is 5.26 Å². The highest BCUT2D eigenvalue weighted by Gasteiger charge is 2.43. The lowest BCUT2D eigenvalue weighted by Gasteiger charge is -2.16. The number of hydrogen-bond acceptors (Lipinski definition) is 4. The summed E-state index contributed by atoms with van der Waals surface area (Å²) in [6.45, 7) is 2.63. The normalized spacial score (nSPS) is 15.7. The van der Waals surface area contributed by atoms with Gasteiger partial charge in [0.1, 0.15) is 11.5 Å². The number of nitrogens with one attached hydrogen (secondary N) is 1. The van der Waals surface area contributed by atoms with E-state index in [1.165, 1.54) is 0 Å². The number of nitrogens with zero attached hydrogens (tertiary/aromatic N) is 1. The van der Waals surface area contributed by atoms with E-state index in [1.807, 2.05) is 19.1 Å². The molecule has 1 aromatic rings. The van der Waals surface area contributed by atoms with Crippen LogP contribution in [0.5, 0.6) is 11.5 Å². The van der Waals surface area contributed by atoms with Crippen LogP contribution in [0, 0.1) is 23.7 Å². The van der Waals surface area contributed by atoms with Crippen LogP contribution in [0.4, 0.5) is 5.69 Å².